The number of primary amides is 1. The number of ether oxygens (including phenoxy) is 1. The fourth-order valence-electron chi connectivity index (χ4n) is 2.66. The monoisotopic (exact) mass is 353 g/mol. The summed E-state index contributed by atoms with van der Waals surface area (Å²) in [6.45, 7) is 4.57. The van der Waals surface area contributed by atoms with E-state index in [1.54, 1.807) is 6.08 Å². The zero-order valence-corrected chi connectivity index (χ0v) is 14.7. The highest BCUT2D eigenvalue weighted by atomic mass is 16.5. The Morgan fingerprint density at radius 1 is 1.19 bits per heavy atom. The van der Waals surface area contributed by atoms with Crippen molar-refractivity contribution < 1.29 is 14.3 Å². The van der Waals surface area contributed by atoms with Crippen molar-refractivity contribution >= 4 is 11.9 Å². The van der Waals surface area contributed by atoms with Gasteiger partial charge in [0, 0.05) is 6.54 Å². The molecule has 6 nitrogen and oxygen atoms in total. The van der Waals surface area contributed by atoms with Gasteiger partial charge in [-0.15, -0.1) is 0 Å². The minimum Gasteiger partial charge on any atom is -0.490 e. The van der Waals surface area contributed by atoms with Gasteiger partial charge in [-0.25, -0.2) is 4.79 Å². The van der Waals surface area contributed by atoms with Crippen LogP contribution < -0.4 is 15.8 Å². The van der Waals surface area contributed by atoms with E-state index in [9.17, 15) is 9.59 Å². The maximum absolute atomic E-state index is 12.5. The second kappa shape index (κ2) is 9.39. The fourth-order valence-corrected chi connectivity index (χ4v) is 2.66. The summed E-state index contributed by atoms with van der Waals surface area (Å²) in [7, 11) is 1.82. The average Bonchev–Trinajstić information content (AvgIpc) is 2.61. The molecule has 0 heterocycles. The van der Waals surface area contributed by atoms with E-state index in [4.69, 9.17) is 10.5 Å². The van der Waals surface area contributed by atoms with Gasteiger partial charge in [-0.1, -0.05) is 55.1 Å². The molecule has 26 heavy (non-hydrogen) atoms. The van der Waals surface area contributed by atoms with Crippen molar-refractivity contribution in [1.82, 2.24) is 10.2 Å². The molecule has 6 heteroatoms. The number of hydrogen-bond donors (Lipinski definition) is 2. The summed E-state index contributed by atoms with van der Waals surface area (Å²) in [5, 5.41) is 2.17. The summed E-state index contributed by atoms with van der Waals surface area (Å²) in [6, 6.07) is 15.3. The Kier molecular flexibility index (Phi) is 6.93. The number of benzene rings is 2. The molecule has 2 aromatic rings. The third kappa shape index (κ3) is 5.46. The molecule has 1 atom stereocenters. The minimum absolute atomic E-state index is 0.447. The lowest BCUT2D eigenvalue weighted by molar-refractivity contribution is -0.125. The summed E-state index contributed by atoms with van der Waals surface area (Å²) >= 11 is 0. The standard InChI is InChI=1S/C20H23N3O3/c1-3-13-26-17-11-9-15(10-12-17)14-23(2)18(19(24)22-20(21)25)16-7-5-4-6-8-16/h3-12,18H,1,13-14H2,2H3,(H3,21,22,24,25)/t18-/m0/s1. The number of amides is 3. The lowest BCUT2D eigenvalue weighted by atomic mass is 10.0. The lowest BCUT2D eigenvalue weighted by Gasteiger charge is -2.27. The molecule has 0 unspecified atom stereocenters. The Bertz CT molecular complexity index is 745. The van der Waals surface area contributed by atoms with E-state index in [-0.39, 0.29) is 0 Å². The molecule has 0 fully saturated rings. The van der Waals surface area contributed by atoms with Gasteiger partial charge in [0.05, 0.1) is 0 Å². The summed E-state index contributed by atoms with van der Waals surface area (Å²) in [5.41, 5.74) is 6.89. The number of imide groups is 1. The Balaban J connectivity index is 2.15. The van der Waals surface area contributed by atoms with Crippen molar-refractivity contribution in [2.45, 2.75) is 12.6 Å². The maximum Gasteiger partial charge on any atom is 0.318 e. The van der Waals surface area contributed by atoms with Gasteiger partial charge in [-0.05, 0) is 30.3 Å². The predicted octanol–water partition coefficient (Wildman–Crippen LogP) is 2.62. The van der Waals surface area contributed by atoms with Crippen molar-refractivity contribution in [3.8, 4) is 5.75 Å². The highest BCUT2D eigenvalue weighted by molar-refractivity contribution is 5.96. The molecule has 3 N–H and O–H groups in total. The molecule has 0 saturated carbocycles. The number of rotatable bonds is 8. The summed E-state index contributed by atoms with van der Waals surface area (Å²) in [4.78, 5) is 25.4. The van der Waals surface area contributed by atoms with E-state index in [1.165, 1.54) is 0 Å². The van der Waals surface area contributed by atoms with E-state index >= 15 is 0 Å². The molecule has 0 bridgehead atoms. The van der Waals surface area contributed by atoms with Crippen LogP contribution in [0.25, 0.3) is 0 Å². The van der Waals surface area contributed by atoms with Crippen LogP contribution in [0.2, 0.25) is 0 Å². The molecule has 0 spiro atoms. The van der Waals surface area contributed by atoms with Crippen molar-refractivity contribution in [2.24, 2.45) is 5.73 Å². The van der Waals surface area contributed by atoms with E-state index in [2.05, 4.69) is 11.9 Å². The SMILES string of the molecule is C=CCOc1ccc(CN(C)[C@H](C(=O)NC(N)=O)c2ccccc2)cc1. The Morgan fingerprint density at radius 3 is 2.42 bits per heavy atom. The zero-order chi connectivity index (χ0) is 18.9. The lowest BCUT2D eigenvalue weighted by Crippen LogP contribution is -2.43. The Hall–Kier alpha value is -3.12. The number of nitrogens with one attached hydrogen (secondary N) is 1. The van der Waals surface area contributed by atoms with Crippen LogP contribution in [-0.4, -0.2) is 30.5 Å². The number of hydrogen-bond acceptors (Lipinski definition) is 4. The Labute approximate surface area is 153 Å². The zero-order valence-electron chi connectivity index (χ0n) is 14.7. The first kappa shape index (κ1) is 19.2. The van der Waals surface area contributed by atoms with Gasteiger partial charge < -0.3 is 10.5 Å². The maximum atomic E-state index is 12.5. The molecular formula is C20H23N3O3. The Morgan fingerprint density at radius 2 is 1.85 bits per heavy atom. The van der Waals surface area contributed by atoms with E-state index < -0.39 is 18.0 Å². The minimum atomic E-state index is -0.868. The molecule has 3 amide bonds. The second-order valence-electron chi connectivity index (χ2n) is 5.83. The van der Waals surface area contributed by atoms with Crippen molar-refractivity contribution in [1.29, 1.82) is 0 Å². The third-order valence-electron chi connectivity index (χ3n) is 3.77. The number of carbonyl (C=O) groups is 2. The molecular weight excluding hydrogens is 330 g/mol. The number of carbonyl (C=O) groups excluding carboxylic acids is 2. The molecule has 0 saturated heterocycles. The molecule has 2 rings (SSSR count). The van der Waals surface area contributed by atoms with Gasteiger partial charge >= 0.3 is 6.03 Å². The topological polar surface area (TPSA) is 84.7 Å². The first-order chi connectivity index (χ1) is 12.5. The number of nitrogens with two attached hydrogens (primary N) is 1. The summed E-state index contributed by atoms with van der Waals surface area (Å²) in [5.74, 6) is 0.291. The van der Waals surface area contributed by atoms with Crippen LogP contribution in [0, 0.1) is 0 Å². The van der Waals surface area contributed by atoms with Crippen LogP contribution in [0.5, 0.6) is 5.75 Å². The average molecular weight is 353 g/mol. The van der Waals surface area contributed by atoms with Crippen LogP contribution in [0.1, 0.15) is 17.2 Å². The van der Waals surface area contributed by atoms with Crippen LogP contribution in [0.4, 0.5) is 4.79 Å². The molecule has 0 aliphatic rings. The third-order valence-corrected chi connectivity index (χ3v) is 3.77. The van der Waals surface area contributed by atoms with Crippen molar-refractivity contribution in [2.75, 3.05) is 13.7 Å². The molecule has 2 aromatic carbocycles. The highest BCUT2D eigenvalue weighted by Gasteiger charge is 2.26. The summed E-state index contributed by atoms with van der Waals surface area (Å²) < 4.78 is 5.47. The van der Waals surface area contributed by atoms with Gasteiger partial charge in [-0.2, -0.15) is 0 Å². The summed E-state index contributed by atoms with van der Waals surface area (Å²) in [6.07, 6.45) is 1.68. The number of likely N-dealkylation sites (N-methyl/N-ethyl adjacent to an activating group) is 1. The van der Waals surface area contributed by atoms with E-state index in [0.717, 1.165) is 16.9 Å². The first-order valence-electron chi connectivity index (χ1n) is 8.19. The van der Waals surface area contributed by atoms with Crippen molar-refractivity contribution in [3.63, 3.8) is 0 Å². The second-order valence-corrected chi connectivity index (χ2v) is 5.83. The normalized spacial score (nSPS) is 11.6. The van der Waals surface area contributed by atoms with Gasteiger partial charge in [0.25, 0.3) is 0 Å². The fraction of sp³-hybridized carbons (Fsp3) is 0.200. The van der Waals surface area contributed by atoms with E-state index in [0.29, 0.717) is 13.2 Å². The molecule has 0 radical (unpaired) electrons. The first-order valence-corrected chi connectivity index (χ1v) is 8.19. The quantitative estimate of drug-likeness (QED) is 0.715. The van der Waals surface area contributed by atoms with Crippen LogP contribution >= 0.6 is 0 Å². The smallest absolute Gasteiger partial charge is 0.318 e. The largest absolute Gasteiger partial charge is 0.490 e. The molecule has 0 aliphatic heterocycles. The predicted molar refractivity (Wildman–Crippen MR) is 101 cm³/mol. The molecule has 0 aliphatic carbocycles. The van der Waals surface area contributed by atoms with Gasteiger partial charge in [0.1, 0.15) is 18.4 Å². The van der Waals surface area contributed by atoms with Gasteiger partial charge in [-0.3, -0.25) is 15.0 Å². The van der Waals surface area contributed by atoms with Gasteiger partial charge in [0.2, 0.25) is 5.91 Å². The number of urea groups is 1. The highest BCUT2D eigenvalue weighted by Crippen LogP contribution is 2.22. The van der Waals surface area contributed by atoms with Crippen LogP contribution in [0.3, 0.4) is 0 Å². The van der Waals surface area contributed by atoms with Crippen LogP contribution in [-0.2, 0) is 11.3 Å². The molecule has 0 aromatic heterocycles. The van der Waals surface area contributed by atoms with Gasteiger partial charge in [0.15, 0.2) is 0 Å². The molecule has 136 valence electrons. The van der Waals surface area contributed by atoms with Crippen LogP contribution in [0.15, 0.2) is 67.3 Å². The van der Waals surface area contributed by atoms with Crippen molar-refractivity contribution in [3.05, 3.63) is 78.4 Å². The number of nitrogens with zero attached hydrogens (tertiary/aromatic N) is 1. The van der Waals surface area contributed by atoms with E-state index in [1.807, 2.05) is 66.5 Å².